The Hall–Kier alpha value is -1.72. The van der Waals surface area contributed by atoms with Gasteiger partial charge in [0.1, 0.15) is 0 Å². The molecule has 112 valence electrons. The van der Waals surface area contributed by atoms with Gasteiger partial charge in [-0.1, -0.05) is 19.1 Å². The fraction of sp³-hybridized carbons (Fsp3) is 0.312. The van der Waals surface area contributed by atoms with Crippen LogP contribution in [0.2, 0.25) is 0 Å². The number of sulfonamides is 1. The molecule has 0 aliphatic heterocycles. The average Bonchev–Trinajstić information content (AvgIpc) is 2.49. The number of pyridine rings is 1. The number of hydrogen-bond donors (Lipinski definition) is 0. The SMILES string of the molecule is CCN(CCc1ccncc1)S(=O)(=O)c1cccc(C)c1. The van der Waals surface area contributed by atoms with Crippen LogP contribution in [0.25, 0.3) is 0 Å². The van der Waals surface area contributed by atoms with Crippen LogP contribution in [0.4, 0.5) is 0 Å². The zero-order chi connectivity index (χ0) is 15.3. The van der Waals surface area contributed by atoms with E-state index in [-0.39, 0.29) is 0 Å². The lowest BCUT2D eigenvalue weighted by atomic mass is 10.2. The molecular weight excluding hydrogens is 284 g/mol. The molecule has 0 fully saturated rings. The predicted octanol–water partition coefficient (Wildman–Crippen LogP) is 2.64. The molecule has 4 nitrogen and oxygen atoms in total. The second-order valence-electron chi connectivity index (χ2n) is 4.92. The Morgan fingerprint density at radius 3 is 2.48 bits per heavy atom. The molecule has 0 N–H and O–H groups in total. The number of rotatable bonds is 6. The van der Waals surface area contributed by atoms with Gasteiger partial charge in [-0.3, -0.25) is 4.98 Å². The molecular formula is C16H20N2O2S. The average molecular weight is 304 g/mol. The maximum Gasteiger partial charge on any atom is 0.243 e. The van der Waals surface area contributed by atoms with Crippen LogP contribution < -0.4 is 0 Å². The topological polar surface area (TPSA) is 50.3 Å². The van der Waals surface area contributed by atoms with Gasteiger partial charge in [0, 0.05) is 25.5 Å². The van der Waals surface area contributed by atoms with E-state index in [1.807, 2.05) is 32.0 Å². The van der Waals surface area contributed by atoms with E-state index in [1.165, 1.54) is 4.31 Å². The highest BCUT2D eigenvalue weighted by Gasteiger charge is 2.22. The van der Waals surface area contributed by atoms with Crippen molar-refractivity contribution >= 4 is 10.0 Å². The summed E-state index contributed by atoms with van der Waals surface area (Å²) in [6.45, 7) is 4.68. The van der Waals surface area contributed by atoms with Crippen molar-refractivity contribution in [3.05, 3.63) is 59.9 Å². The van der Waals surface area contributed by atoms with E-state index in [4.69, 9.17) is 0 Å². The number of aryl methyl sites for hydroxylation is 1. The highest BCUT2D eigenvalue weighted by molar-refractivity contribution is 7.89. The first-order valence-corrected chi connectivity index (χ1v) is 8.43. The predicted molar refractivity (Wildman–Crippen MR) is 83.6 cm³/mol. The lowest BCUT2D eigenvalue weighted by Crippen LogP contribution is -2.32. The molecule has 1 aromatic heterocycles. The van der Waals surface area contributed by atoms with Crippen molar-refractivity contribution in [3.63, 3.8) is 0 Å². The third-order valence-corrected chi connectivity index (χ3v) is 5.35. The van der Waals surface area contributed by atoms with Crippen LogP contribution in [0, 0.1) is 6.92 Å². The summed E-state index contributed by atoms with van der Waals surface area (Å²) in [6.07, 6.45) is 4.13. The Morgan fingerprint density at radius 1 is 1.14 bits per heavy atom. The number of aromatic nitrogens is 1. The van der Waals surface area contributed by atoms with Gasteiger partial charge in [0.05, 0.1) is 4.90 Å². The third kappa shape index (κ3) is 3.89. The van der Waals surface area contributed by atoms with Crippen LogP contribution in [0.5, 0.6) is 0 Å². The van der Waals surface area contributed by atoms with Crippen molar-refractivity contribution in [2.45, 2.75) is 25.2 Å². The summed E-state index contributed by atoms with van der Waals surface area (Å²) in [5, 5.41) is 0. The maximum absolute atomic E-state index is 12.7. The first kappa shape index (κ1) is 15.7. The summed E-state index contributed by atoms with van der Waals surface area (Å²) < 4.78 is 26.8. The molecule has 2 rings (SSSR count). The second kappa shape index (κ2) is 6.83. The van der Waals surface area contributed by atoms with Crippen LogP contribution in [0.3, 0.4) is 0 Å². The van der Waals surface area contributed by atoms with Gasteiger partial charge in [-0.15, -0.1) is 0 Å². The first-order chi connectivity index (χ1) is 10.0. The van der Waals surface area contributed by atoms with E-state index in [2.05, 4.69) is 4.98 Å². The molecule has 0 amide bonds. The minimum Gasteiger partial charge on any atom is -0.265 e. The van der Waals surface area contributed by atoms with Gasteiger partial charge in [0.15, 0.2) is 0 Å². The molecule has 0 saturated carbocycles. The molecule has 21 heavy (non-hydrogen) atoms. The van der Waals surface area contributed by atoms with E-state index in [1.54, 1.807) is 30.6 Å². The summed E-state index contributed by atoms with van der Waals surface area (Å²) in [7, 11) is -3.43. The fourth-order valence-electron chi connectivity index (χ4n) is 2.18. The molecule has 0 spiro atoms. The van der Waals surface area contributed by atoms with E-state index in [0.29, 0.717) is 24.4 Å². The molecule has 0 aliphatic rings. The zero-order valence-corrected chi connectivity index (χ0v) is 13.2. The van der Waals surface area contributed by atoms with Gasteiger partial charge in [0.2, 0.25) is 10.0 Å². The summed E-state index contributed by atoms with van der Waals surface area (Å²) in [5.41, 5.74) is 2.03. The fourth-order valence-corrected chi connectivity index (χ4v) is 3.73. The van der Waals surface area contributed by atoms with Crippen molar-refractivity contribution in [2.75, 3.05) is 13.1 Å². The van der Waals surface area contributed by atoms with Crippen molar-refractivity contribution in [3.8, 4) is 0 Å². The van der Waals surface area contributed by atoms with E-state index < -0.39 is 10.0 Å². The summed E-state index contributed by atoms with van der Waals surface area (Å²) >= 11 is 0. The van der Waals surface area contributed by atoms with Crippen LogP contribution in [-0.2, 0) is 16.4 Å². The lowest BCUT2D eigenvalue weighted by molar-refractivity contribution is 0.431. The van der Waals surface area contributed by atoms with Crippen molar-refractivity contribution < 1.29 is 8.42 Å². The number of benzene rings is 1. The smallest absolute Gasteiger partial charge is 0.243 e. The van der Waals surface area contributed by atoms with Crippen LogP contribution >= 0.6 is 0 Å². The molecule has 1 heterocycles. The van der Waals surface area contributed by atoms with Gasteiger partial charge >= 0.3 is 0 Å². The molecule has 0 saturated heterocycles. The molecule has 5 heteroatoms. The molecule has 0 radical (unpaired) electrons. The standard InChI is InChI=1S/C16H20N2O2S/c1-3-18(12-9-15-7-10-17-11-8-15)21(19,20)16-6-4-5-14(2)13-16/h4-8,10-11,13H,3,9,12H2,1-2H3. The minimum absolute atomic E-state index is 0.360. The summed E-state index contributed by atoms with van der Waals surface area (Å²) in [6, 6.07) is 10.9. The molecule has 0 atom stereocenters. The van der Waals surface area contributed by atoms with Gasteiger partial charge in [-0.25, -0.2) is 8.42 Å². The van der Waals surface area contributed by atoms with Crippen LogP contribution in [0.15, 0.2) is 53.7 Å². The van der Waals surface area contributed by atoms with E-state index in [9.17, 15) is 8.42 Å². The van der Waals surface area contributed by atoms with Gasteiger partial charge in [0.25, 0.3) is 0 Å². The Bertz CT molecular complexity index is 684. The van der Waals surface area contributed by atoms with Gasteiger partial charge in [-0.05, 0) is 48.7 Å². The van der Waals surface area contributed by atoms with E-state index in [0.717, 1.165) is 11.1 Å². The van der Waals surface area contributed by atoms with Crippen molar-refractivity contribution in [1.29, 1.82) is 0 Å². The first-order valence-electron chi connectivity index (χ1n) is 6.99. The monoisotopic (exact) mass is 304 g/mol. The molecule has 1 aromatic carbocycles. The van der Waals surface area contributed by atoms with Crippen molar-refractivity contribution in [1.82, 2.24) is 9.29 Å². The zero-order valence-electron chi connectivity index (χ0n) is 12.4. The Labute approximate surface area is 126 Å². The van der Waals surface area contributed by atoms with Crippen molar-refractivity contribution in [2.24, 2.45) is 0 Å². The second-order valence-corrected chi connectivity index (χ2v) is 6.86. The molecule has 0 unspecified atom stereocenters. The largest absolute Gasteiger partial charge is 0.265 e. The van der Waals surface area contributed by atoms with Gasteiger partial charge in [-0.2, -0.15) is 4.31 Å². The van der Waals surface area contributed by atoms with Crippen LogP contribution in [0.1, 0.15) is 18.1 Å². The number of nitrogens with zero attached hydrogens (tertiary/aromatic N) is 2. The normalized spacial score (nSPS) is 11.8. The summed E-state index contributed by atoms with van der Waals surface area (Å²) in [4.78, 5) is 4.33. The third-order valence-electron chi connectivity index (χ3n) is 3.38. The van der Waals surface area contributed by atoms with Crippen LogP contribution in [-0.4, -0.2) is 30.8 Å². The molecule has 2 aromatic rings. The Kier molecular flexibility index (Phi) is 5.09. The highest BCUT2D eigenvalue weighted by atomic mass is 32.2. The van der Waals surface area contributed by atoms with E-state index >= 15 is 0 Å². The molecule has 0 aliphatic carbocycles. The quantitative estimate of drug-likeness (QED) is 0.824. The maximum atomic E-state index is 12.7. The molecule has 0 bridgehead atoms. The summed E-state index contributed by atoms with van der Waals surface area (Å²) in [5.74, 6) is 0. The Morgan fingerprint density at radius 2 is 1.86 bits per heavy atom. The Balaban J connectivity index is 2.16. The number of likely N-dealkylation sites (N-methyl/N-ethyl adjacent to an activating group) is 1. The minimum atomic E-state index is -3.43. The lowest BCUT2D eigenvalue weighted by Gasteiger charge is -2.20. The van der Waals surface area contributed by atoms with Gasteiger partial charge < -0.3 is 0 Å². The highest BCUT2D eigenvalue weighted by Crippen LogP contribution is 2.17. The number of hydrogen-bond acceptors (Lipinski definition) is 3.